The summed E-state index contributed by atoms with van der Waals surface area (Å²) in [7, 11) is 0. The molecular weight excluding hydrogens is 409 g/mol. The monoisotopic (exact) mass is 425 g/mol. The number of hydrogen-bond donors (Lipinski definition) is 2. The number of carbonyl (C=O) groups excluding carboxylic acids is 1. The Morgan fingerprint density at radius 3 is 2.13 bits per heavy atom. The number of fused-ring (bicyclic) bond motifs is 2. The number of benzene rings is 1. The van der Waals surface area contributed by atoms with Gasteiger partial charge in [-0.2, -0.15) is 0 Å². The van der Waals surface area contributed by atoms with Crippen LogP contribution in [0.15, 0.2) is 36.7 Å². The molecule has 0 unspecified atom stereocenters. The minimum absolute atomic E-state index is 0.154. The van der Waals surface area contributed by atoms with Crippen LogP contribution in [0.4, 0.5) is 27.8 Å². The average molecular weight is 425 g/mol. The van der Waals surface area contributed by atoms with Crippen molar-refractivity contribution in [3.05, 3.63) is 71.3 Å². The summed E-state index contributed by atoms with van der Waals surface area (Å²) >= 11 is 0. The molecule has 1 aromatic carbocycles. The van der Waals surface area contributed by atoms with E-state index in [9.17, 15) is 26.7 Å². The fourth-order valence-electron chi connectivity index (χ4n) is 3.98. The molecule has 2 saturated heterocycles. The van der Waals surface area contributed by atoms with Crippen molar-refractivity contribution in [1.82, 2.24) is 9.88 Å². The summed E-state index contributed by atoms with van der Waals surface area (Å²) in [5.74, 6) is -11.9. The molecule has 2 fully saturated rings. The van der Waals surface area contributed by atoms with Crippen molar-refractivity contribution in [2.75, 3.05) is 18.0 Å². The van der Waals surface area contributed by atoms with E-state index in [0.717, 1.165) is 6.20 Å². The fraction of sp³-hybridized carbons (Fsp3) is 0.263. The molecule has 158 valence electrons. The molecule has 1 aromatic heterocycles. The van der Waals surface area contributed by atoms with Crippen molar-refractivity contribution < 1.29 is 26.7 Å². The molecule has 11 heteroatoms. The number of halogens is 5. The Hall–Kier alpha value is -3.05. The van der Waals surface area contributed by atoms with Gasteiger partial charge in [-0.1, -0.05) is 6.07 Å². The minimum Gasteiger partial charge on any atom is -0.354 e. The van der Waals surface area contributed by atoms with Crippen molar-refractivity contribution >= 4 is 11.6 Å². The van der Waals surface area contributed by atoms with Crippen LogP contribution in [0.5, 0.6) is 0 Å². The van der Waals surface area contributed by atoms with Gasteiger partial charge < -0.3 is 21.3 Å². The molecule has 3 heterocycles. The Bertz CT molecular complexity index is 1040. The first-order valence-electron chi connectivity index (χ1n) is 8.84. The second kappa shape index (κ2) is 6.74. The van der Waals surface area contributed by atoms with E-state index in [4.69, 9.17) is 11.5 Å². The molecule has 0 radical (unpaired) electrons. The molecule has 2 aromatic rings. The van der Waals surface area contributed by atoms with E-state index in [-0.39, 0.29) is 13.1 Å². The van der Waals surface area contributed by atoms with E-state index in [1.54, 1.807) is 24.4 Å². The predicted molar refractivity (Wildman–Crippen MR) is 96.4 cm³/mol. The van der Waals surface area contributed by atoms with E-state index >= 15 is 0 Å². The maximum Gasteiger partial charge on any atom is 0.200 e. The molecule has 4 rings (SSSR count). The molecule has 4 N–H and O–H groups in total. The van der Waals surface area contributed by atoms with Gasteiger partial charge in [0.25, 0.3) is 0 Å². The first-order valence-corrected chi connectivity index (χ1v) is 8.84. The summed E-state index contributed by atoms with van der Waals surface area (Å²) in [5.41, 5.74) is 9.40. The maximum atomic E-state index is 13.8. The van der Waals surface area contributed by atoms with Crippen molar-refractivity contribution in [2.24, 2.45) is 11.5 Å². The number of piperazine rings is 1. The quantitative estimate of drug-likeness (QED) is 0.256. The fourth-order valence-corrected chi connectivity index (χ4v) is 3.98. The highest BCUT2D eigenvalue weighted by Gasteiger charge is 2.59. The Kier molecular flexibility index (Phi) is 4.55. The third-order valence-electron chi connectivity index (χ3n) is 5.39. The number of aromatic nitrogens is 1. The number of pyridine rings is 1. The standard InChI is InChI=1S/C19H16F5N5O/c20-13-12(14(21)16(23)17(24)15(13)22)10(30)4-6-28-8-19(26)7-18(28,25)9-29(19)11-3-1-2-5-27-11/h1-6H,7-9,25-26H2/b6-4+/t18-,19-/m1/s1. The molecule has 0 aliphatic carbocycles. The molecule has 2 aliphatic heterocycles. The van der Waals surface area contributed by atoms with Gasteiger partial charge in [-0.15, -0.1) is 0 Å². The maximum absolute atomic E-state index is 13.8. The predicted octanol–water partition coefficient (Wildman–Crippen LogP) is 2.01. The van der Waals surface area contributed by atoms with Crippen LogP contribution in [0.2, 0.25) is 0 Å². The smallest absolute Gasteiger partial charge is 0.200 e. The number of ketones is 1. The van der Waals surface area contributed by atoms with Crippen molar-refractivity contribution in [1.29, 1.82) is 0 Å². The van der Waals surface area contributed by atoms with Gasteiger partial charge in [-0.05, 0) is 12.1 Å². The molecule has 2 atom stereocenters. The first kappa shape index (κ1) is 20.2. The minimum atomic E-state index is -2.33. The normalized spacial score (nSPS) is 25.6. The Morgan fingerprint density at radius 1 is 0.967 bits per heavy atom. The Morgan fingerprint density at radius 2 is 1.60 bits per heavy atom. The van der Waals surface area contributed by atoms with E-state index in [1.807, 2.05) is 4.90 Å². The number of anilines is 1. The lowest BCUT2D eigenvalue weighted by atomic mass is 10.1. The molecule has 30 heavy (non-hydrogen) atoms. The zero-order chi connectivity index (χ0) is 21.8. The van der Waals surface area contributed by atoms with Gasteiger partial charge in [0.05, 0.1) is 18.7 Å². The summed E-state index contributed by atoms with van der Waals surface area (Å²) in [6.45, 7) is 0.405. The molecule has 2 aliphatic rings. The van der Waals surface area contributed by atoms with Gasteiger partial charge in [-0.25, -0.2) is 26.9 Å². The number of rotatable bonds is 4. The largest absolute Gasteiger partial charge is 0.354 e. The lowest BCUT2D eigenvalue weighted by Crippen LogP contribution is -2.63. The number of nitrogens with zero attached hydrogens (tertiary/aromatic N) is 3. The van der Waals surface area contributed by atoms with E-state index in [1.165, 1.54) is 4.90 Å². The molecule has 0 amide bonds. The third-order valence-corrected chi connectivity index (χ3v) is 5.39. The van der Waals surface area contributed by atoms with Crippen LogP contribution in [-0.2, 0) is 0 Å². The van der Waals surface area contributed by atoms with Crippen molar-refractivity contribution in [3.8, 4) is 0 Å². The van der Waals surface area contributed by atoms with Gasteiger partial charge in [0.2, 0.25) is 5.82 Å². The van der Waals surface area contributed by atoms with Gasteiger partial charge in [0, 0.05) is 24.9 Å². The number of nitrogens with two attached hydrogens (primary N) is 2. The highest BCUT2D eigenvalue weighted by molar-refractivity contribution is 6.04. The number of hydrogen-bond acceptors (Lipinski definition) is 6. The first-order chi connectivity index (χ1) is 14.1. The highest BCUT2D eigenvalue weighted by Crippen LogP contribution is 2.43. The van der Waals surface area contributed by atoms with Crippen LogP contribution in [0.1, 0.15) is 16.8 Å². The van der Waals surface area contributed by atoms with Crippen molar-refractivity contribution in [2.45, 2.75) is 17.7 Å². The Labute approximate surface area is 167 Å². The van der Waals surface area contributed by atoms with Crippen molar-refractivity contribution in [3.63, 3.8) is 0 Å². The Balaban J connectivity index is 1.58. The second-order valence-electron chi connectivity index (χ2n) is 7.41. The van der Waals surface area contributed by atoms with Gasteiger partial charge >= 0.3 is 0 Å². The zero-order valence-electron chi connectivity index (χ0n) is 15.4. The molecular formula is C19H16F5N5O. The summed E-state index contributed by atoms with van der Waals surface area (Å²) in [5, 5.41) is 0. The van der Waals surface area contributed by atoms with Crippen LogP contribution < -0.4 is 16.4 Å². The van der Waals surface area contributed by atoms with Crippen LogP contribution in [0, 0.1) is 29.1 Å². The number of allylic oxidation sites excluding steroid dienone is 1. The summed E-state index contributed by atoms with van der Waals surface area (Å²) < 4.78 is 67.5. The molecule has 2 bridgehead atoms. The van der Waals surface area contributed by atoms with Crippen LogP contribution in [-0.4, -0.2) is 40.1 Å². The second-order valence-corrected chi connectivity index (χ2v) is 7.41. The summed E-state index contributed by atoms with van der Waals surface area (Å²) in [4.78, 5) is 19.8. The summed E-state index contributed by atoms with van der Waals surface area (Å²) in [6.07, 6.45) is 3.78. The topological polar surface area (TPSA) is 88.5 Å². The van der Waals surface area contributed by atoms with Crippen LogP contribution in [0.25, 0.3) is 0 Å². The number of carbonyl (C=O) groups is 1. The third kappa shape index (κ3) is 2.92. The van der Waals surface area contributed by atoms with E-state index in [0.29, 0.717) is 18.3 Å². The highest BCUT2D eigenvalue weighted by atomic mass is 19.2. The van der Waals surface area contributed by atoms with Gasteiger partial charge in [-0.3, -0.25) is 4.79 Å². The zero-order valence-corrected chi connectivity index (χ0v) is 15.4. The average Bonchev–Trinajstić information content (AvgIpc) is 3.15. The summed E-state index contributed by atoms with van der Waals surface area (Å²) in [6, 6.07) is 5.31. The van der Waals surface area contributed by atoms with E-state index in [2.05, 4.69) is 4.98 Å². The molecule has 6 nitrogen and oxygen atoms in total. The van der Waals surface area contributed by atoms with Crippen LogP contribution >= 0.6 is 0 Å². The van der Waals surface area contributed by atoms with Gasteiger partial charge in [0.1, 0.15) is 17.1 Å². The van der Waals surface area contributed by atoms with Crippen LogP contribution in [0.3, 0.4) is 0 Å². The lowest BCUT2D eigenvalue weighted by molar-refractivity contribution is 0.103. The SMILES string of the molecule is N[C@@]12CN(c3ccccn3)[C@@](N)(CN1/C=C/C(=O)c1c(F)c(F)c(F)c(F)c1F)C2. The number of likely N-dealkylation sites (tertiary alicyclic amines) is 1. The van der Waals surface area contributed by atoms with Gasteiger partial charge in [0.15, 0.2) is 29.1 Å². The molecule has 0 saturated carbocycles. The molecule has 0 spiro atoms. The van der Waals surface area contributed by atoms with E-state index < -0.39 is 51.8 Å². The lowest BCUT2D eigenvalue weighted by Gasteiger charge is -2.43.